The summed E-state index contributed by atoms with van der Waals surface area (Å²) >= 11 is 0. The second-order valence-corrected chi connectivity index (χ2v) is 12.1. The zero-order valence-electron chi connectivity index (χ0n) is 26.1. The van der Waals surface area contributed by atoms with Gasteiger partial charge in [0, 0.05) is 71.1 Å². The van der Waals surface area contributed by atoms with Crippen LogP contribution in [0.3, 0.4) is 0 Å². The first kappa shape index (κ1) is 35.3. The van der Waals surface area contributed by atoms with E-state index in [1.807, 2.05) is 19.8 Å². The molecule has 4 N–H and O–H groups in total. The van der Waals surface area contributed by atoms with Crippen molar-refractivity contribution in [2.24, 2.45) is 0 Å². The van der Waals surface area contributed by atoms with Crippen molar-refractivity contribution in [3.05, 3.63) is 63.3 Å². The number of benzene rings is 1. The molecule has 9 nitrogen and oxygen atoms in total. The summed E-state index contributed by atoms with van der Waals surface area (Å²) in [6.07, 6.45) is 4.76. The minimum Gasteiger partial charge on any atom is -0.390 e. The van der Waals surface area contributed by atoms with E-state index in [9.17, 15) is 18.8 Å². The Morgan fingerprint density at radius 2 is 1.80 bits per heavy atom. The van der Waals surface area contributed by atoms with Crippen molar-refractivity contribution in [2.75, 3.05) is 43.4 Å². The summed E-state index contributed by atoms with van der Waals surface area (Å²) in [5.74, 6) is -0.357. The predicted octanol–water partition coefficient (Wildman–Crippen LogP) is 5.69. The second-order valence-electron chi connectivity index (χ2n) is 12.1. The average Bonchev–Trinajstić information content (AvgIpc) is 3.20. The summed E-state index contributed by atoms with van der Waals surface area (Å²) in [6.45, 7) is 10.4. The van der Waals surface area contributed by atoms with Gasteiger partial charge in [0.1, 0.15) is 12.6 Å². The number of halogens is 3. The van der Waals surface area contributed by atoms with Gasteiger partial charge in [0.2, 0.25) is 5.56 Å². The molecule has 2 aliphatic heterocycles. The van der Waals surface area contributed by atoms with Crippen LogP contribution in [0.1, 0.15) is 78.8 Å². The Kier molecular flexibility index (Phi) is 12.6. The number of anilines is 2. The fourth-order valence-electron chi connectivity index (χ4n) is 5.66. The minimum absolute atomic E-state index is 0. The maximum absolute atomic E-state index is 15.5. The molecule has 5 rings (SSSR count). The summed E-state index contributed by atoms with van der Waals surface area (Å²) in [4.78, 5) is 26.5. The number of nitrogens with zero attached hydrogens (tertiary/aromatic N) is 3. The number of piperazine rings is 1. The highest BCUT2D eigenvalue weighted by atomic mass is 19.3. The number of carbonyl (C=O) groups excluding carboxylic acids is 1. The number of hydroxylamine groups is 2. The standard InChI is InChI=1S/C26H34F3N5O2.C5H10O.CH2O.2H2/c1-16-14-33(15-17(2)32(16)3)24-11-22(27)20(18-5-4-7-34(36)8-6-18)9-23(24)30-12-19-13-31-25(35)10-21(19)26(28)29;1-5(6)3-2-4-5;1-2;;/h5,9-11,13,16-17,26,30,36H,4,6-8,12,14-15H2,1-3H3,(H,31,35);6H,2-4H2,1H3;1H2;2*1H/t16-,17+;;;;. The van der Waals surface area contributed by atoms with E-state index in [4.69, 9.17) is 9.90 Å². The molecule has 0 unspecified atom stereocenters. The first-order chi connectivity index (χ1) is 20.8. The molecule has 1 aromatic heterocycles. The Bertz CT molecular complexity index is 1330. The van der Waals surface area contributed by atoms with Crippen molar-refractivity contribution in [3.8, 4) is 0 Å². The highest BCUT2D eigenvalue weighted by Gasteiger charge is 2.29. The van der Waals surface area contributed by atoms with E-state index in [2.05, 4.69) is 41.0 Å². The first-order valence-electron chi connectivity index (χ1n) is 15.0. The monoisotopic (exact) mass is 625 g/mol. The Morgan fingerprint density at radius 3 is 2.36 bits per heavy atom. The molecule has 44 heavy (non-hydrogen) atoms. The lowest BCUT2D eigenvalue weighted by atomic mass is 9.82. The van der Waals surface area contributed by atoms with Gasteiger partial charge in [-0.2, -0.15) is 5.06 Å². The van der Waals surface area contributed by atoms with Gasteiger partial charge in [-0.15, -0.1) is 0 Å². The smallest absolute Gasteiger partial charge is 0.264 e. The quantitative estimate of drug-likeness (QED) is 0.324. The maximum atomic E-state index is 15.5. The van der Waals surface area contributed by atoms with E-state index in [0.29, 0.717) is 56.0 Å². The van der Waals surface area contributed by atoms with Gasteiger partial charge in [-0.25, -0.2) is 13.2 Å². The molecule has 0 radical (unpaired) electrons. The van der Waals surface area contributed by atoms with Crippen molar-refractivity contribution in [2.45, 2.75) is 83.5 Å². The van der Waals surface area contributed by atoms with E-state index in [1.165, 1.54) is 23.7 Å². The molecule has 1 aliphatic carbocycles. The molecule has 1 aromatic carbocycles. The molecule has 2 aromatic rings. The Hall–Kier alpha value is -3.19. The lowest BCUT2D eigenvalue weighted by Gasteiger charge is -2.44. The predicted molar refractivity (Wildman–Crippen MR) is 171 cm³/mol. The number of nitrogens with one attached hydrogen (secondary N) is 2. The fraction of sp³-hybridized carbons (Fsp3) is 0.562. The number of pyridine rings is 1. The number of aromatic nitrogens is 1. The summed E-state index contributed by atoms with van der Waals surface area (Å²) in [5, 5.41) is 23.2. The van der Waals surface area contributed by atoms with Gasteiger partial charge < -0.3 is 30.3 Å². The lowest BCUT2D eigenvalue weighted by molar-refractivity contribution is -0.0980. The largest absolute Gasteiger partial charge is 0.390 e. The van der Waals surface area contributed by atoms with Gasteiger partial charge in [0.05, 0.1) is 17.0 Å². The zero-order chi connectivity index (χ0) is 32.6. The average molecular weight is 626 g/mol. The van der Waals surface area contributed by atoms with Crippen LogP contribution in [0.2, 0.25) is 0 Å². The SMILES string of the molecule is C=O.CC1(O)CCC1.C[C@@H]1CN(c2cc(F)c(C3=CCCN(O)CC3)cc2NCc2c[nH]c(=O)cc2C(F)F)C[C@H](C)N1C.[HH].[HH]. The fourth-order valence-corrected chi connectivity index (χ4v) is 5.66. The highest BCUT2D eigenvalue weighted by Crippen LogP contribution is 2.36. The first-order valence-corrected chi connectivity index (χ1v) is 15.0. The number of alkyl halides is 2. The van der Waals surface area contributed by atoms with Crippen molar-refractivity contribution in [1.29, 1.82) is 0 Å². The molecule has 1 saturated carbocycles. The van der Waals surface area contributed by atoms with E-state index < -0.39 is 12.0 Å². The molecule has 3 aliphatic rings. The number of carbonyl (C=O) groups is 1. The van der Waals surface area contributed by atoms with Crippen molar-refractivity contribution in [3.63, 3.8) is 0 Å². The molecular formula is C32H50F3N5O4. The third-order valence-electron chi connectivity index (χ3n) is 8.73. The van der Waals surface area contributed by atoms with Crippen LogP contribution in [0.15, 0.2) is 35.3 Å². The zero-order valence-corrected chi connectivity index (χ0v) is 26.1. The van der Waals surface area contributed by atoms with Gasteiger partial charge in [-0.1, -0.05) is 6.08 Å². The van der Waals surface area contributed by atoms with Crippen LogP contribution in [0, 0.1) is 5.82 Å². The van der Waals surface area contributed by atoms with E-state index >= 15 is 4.39 Å². The van der Waals surface area contributed by atoms with Crippen LogP contribution < -0.4 is 15.8 Å². The molecule has 1 saturated heterocycles. The number of aromatic amines is 1. The third-order valence-corrected chi connectivity index (χ3v) is 8.73. The Morgan fingerprint density at radius 1 is 1.16 bits per heavy atom. The van der Waals surface area contributed by atoms with Gasteiger partial charge in [-0.3, -0.25) is 9.69 Å². The second kappa shape index (κ2) is 15.7. The molecular weight excluding hydrogens is 575 g/mol. The number of hydrogen-bond acceptors (Lipinski definition) is 8. The maximum Gasteiger partial charge on any atom is 0.264 e. The van der Waals surface area contributed by atoms with E-state index in [0.717, 1.165) is 24.5 Å². The van der Waals surface area contributed by atoms with Gasteiger partial charge in [0.25, 0.3) is 6.43 Å². The summed E-state index contributed by atoms with van der Waals surface area (Å²) in [7, 11) is 2.07. The number of H-pyrrole nitrogens is 1. The lowest BCUT2D eigenvalue weighted by Crippen LogP contribution is -2.55. The topological polar surface area (TPSA) is 112 Å². The Balaban J connectivity index is 0.000000937. The number of hydrogen-bond donors (Lipinski definition) is 4. The summed E-state index contributed by atoms with van der Waals surface area (Å²) < 4.78 is 42.7. The minimum atomic E-state index is -2.79. The van der Waals surface area contributed by atoms with Crippen molar-refractivity contribution >= 4 is 23.7 Å². The van der Waals surface area contributed by atoms with Crippen LogP contribution in [0.4, 0.5) is 24.5 Å². The summed E-state index contributed by atoms with van der Waals surface area (Å²) in [6, 6.07) is 4.67. The van der Waals surface area contributed by atoms with Crippen LogP contribution in [-0.2, 0) is 11.3 Å². The van der Waals surface area contributed by atoms with Crippen molar-refractivity contribution in [1.82, 2.24) is 14.9 Å². The van der Waals surface area contributed by atoms with Gasteiger partial charge in [0.15, 0.2) is 0 Å². The summed E-state index contributed by atoms with van der Waals surface area (Å²) in [5.41, 5.74) is 1.62. The molecule has 0 bridgehead atoms. The normalized spacial score (nSPS) is 22.0. The number of rotatable bonds is 6. The third kappa shape index (κ3) is 9.16. The molecule has 0 amide bonds. The van der Waals surface area contributed by atoms with Crippen LogP contribution in [-0.4, -0.2) is 83.0 Å². The van der Waals surface area contributed by atoms with Crippen LogP contribution >= 0.6 is 0 Å². The van der Waals surface area contributed by atoms with Gasteiger partial charge in [-0.05, 0) is 83.2 Å². The number of aliphatic hydroxyl groups is 1. The molecule has 0 spiro atoms. The van der Waals surface area contributed by atoms with E-state index in [-0.39, 0.29) is 44.0 Å². The molecule has 3 heterocycles. The van der Waals surface area contributed by atoms with Crippen molar-refractivity contribution < 1.29 is 31.1 Å². The van der Waals surface area contributed by atoms with Gasteiger partial charge >= 0.3 is 0 Å². The number of likely N-dealkylation sites (N-methyl/N-ethyl adjacent to an activating group) is 1. The van der Waals surface area contributed by atoms with Crippen LogP contribution in [0.5, 0.6) is 0 Å². The van der Waals surface area contributed by atoms with E-state index in [1.54, 1.807) is 6.07 Å². The Labute approximate surface area is 260 Å². The molecule has 248 valence electrons. The molecule has 12 heteroatoms. The van der Waals surface area contributed by atoms with Crippen LogP contribution in [0.25, 0.3) is 5.57 Å². The molecule has 2 fully saturated rings. The molecule has 2 atom stereocenters. The highest BCUT2D eigenvalue weighted by molar-refractivity contribution is 5.78.